The van der Waals surface area contributed by atoms with E-state index in [1.165, 1.54) is 18.3 Å². The molecule has 7 nitrogen and oxygen atoms in total. The molecule has 1 aliphatic heterocycles. The van der Waals surface area contributed by atoms with Crippen LogP contribution in [0, 0.1) is 0 Å². The lowest BCUT2D eigenvalue weighted by atomic mass is 9.84. The lowest BCUT2D eigenvalue weighted by molar-refractivity contribution is -0.274. The number of Topliss-reactive ketones (excluding diaryl/α,β-unsaturated/α-hetero) is 1. The number of nitrogens with zero attached hydrogens (tertiary/aromatic N) is 2. The van der Waals surface area contributed by atoms with Crippen molar-refractivity contribution in [3.8, 4) is 11.5 Å². The summed E-state index contributed by atoms with van der Waals surface area (Å²) in [7, 11) is 0. The maximum atomic E-state index is 13.4. The summed E-state index contributed by atoms with van der Waals surface area (Å²) in [5.74, 6) is -2.43. The second-order valence-electron chi connectivity index (χ2n) is 9.86. The van der Waals surface area contributed by atoms with Crippen molar-refractivity contribution in [3.63, 3.8) is 0 Å². The molecule has 1 atom stereocenters. The zero-order valence-electron chi connectivity index (χ0n) is 21.7. The zero-order chi connectivity index (χ0) is 28.5. The van der Waals surface area contributed by atoms with Gasteiger partial charge in [-0.1, -0.05) is 32.9 Å². The number of carbonyl (C=O) groups is 2. The summed E-state index contributed by atoms with van der Waals surface area (Å²) >= 11 is 0. The number of halogens is 3. The molecule has 10 heteroatoms. The molecule has 204 valence electrons. The summed E-state index contributed by atoms with van der Waals surface area (Å²) in [4.78, 5) is 32.0. The van der Waals surface area contributed by atoms with Crippen LogP contribution in [0.1, 0.15) is 50.6 Å². The van der Waals surface area contributed by atoms with Crippen molar-refractivity contribution in [1.82, 2.24) is 4.98 Å². The van der Waals surface area contributed by atoms with E-state index in [1.807, 2.05) is 27.7 Å². The van der Waals surface area contributed by atoms with Gasteiger partial charge in [-0.15, -0.1) is 13.2 Å². The fourth-order valence-electron chi connectivity index (χ4n) is 4.45. The summed E-state index contributed by atoms with van der Waals surface area (Å²) < 4.78 is 48.3. The number of anilines is 1. The van der Waals surface area contributed by atoms with Gasteiger partial charge in [0.1, 0.15) is 23.3 Å². The Morgan fingerprint density at radius 1 is 1.03 bits per heavy atom. The fourth-order valence-corrected chi connectivity index (χ4v) is 4.45. The first kappa shape index (κ1) is 27.7. The molecule has 1 aromatic heterocycles. The second-order valence-corrected chi connectivity index (χ2v) is 9.86. The quantitative estimate of drug-likeness (QED) is 0.224. The van der Waals surface area contributed by atoms with Gasteiger partial charge >= 0.3 is 6.36 Å². The van der Waals surface area contributed by atoms with Gasteiger partial charge in [-0.2, -0.15) is 0 Å². The predicted molar refractivity (Wildman–Crippen MR) is 138 cm³/mol. The summed E-state index contributed by atoms with van der Waals surface area (Å²) in [6.07, 6.45) is -3.50. The number of aliphatic hydroxyl groups excluding tert-OH is 1. The van der Waals surface area contributed by atoms with Gasteiger partial charge in [-0.3, -0.25) is 19.5 Å². The van der Waals surface area contributed by atoms with Crippen LogP contribution in [0.3, 0.4) is 0 Å². The van der Waals surface area contributed by atoms with E-state index in [2.05, 4.69) is 9.72 Å². The third-order valence-corrected chi connectivity index (χ3v) is 6.10. The van der Waals surface area contributed by atoms with Crippen LogP contribution in [0.25, 0.3) is 5.76 Å². The zero-order valence-corrected chi connectivity index (χ0v) is 21.7. The number of ketones is 1. The first-order valence-corrected chi connectivity index (χ1v) is 12.2. The Balaban J connectivity index is 1.91. The van der Waals surface area contributed by atoms with Crippen molar-refractivity contribution in [2.75, 3.05) is 11.5 Å². The number of amides is 1. The SMILES string of the molecule is CCOc1ccc(/C(O)=C2/C(=O)C(=O)N(c3cccc(OC(F)(F)F)c3)C2c2ccccn2)cc1C(C)(C)C. The van der Waals surface area contributed by atoms with E-state index in [4.69, 9.17) is 4.74 Å². The molecule has 0 bridgehead atoms. The van der Waals surface area contributed by atoms with Gasteiger partial charge in [0.05, 0.1) is 17.9 Å². The number of carbonyl (C=O) groups excluding carboxylic acids is 2. The van der Waals surface area contributed by atoms with Crippen molar-refractivity contribution in [2.45, 2.75) is 45.5 Å². The van der Waals surface area contributed by atoms with E-state index in [0.29, 0.717) is 12.4 Å². The highest BCUT2D eigenvalue weighted by Gasteiger charge is 2.48. The molecule has 0 radical (unpaired) electrons. The second kappa shape index (κ2) is 10.4. The molecule has 1 saturated heterocycles. The van der Waals surface area contributed by atoms with Crippen molar-refractivity contribution >= 4 is 23.1 Å². The normalized spacial score (nSPS) is 17.4. The van der Waals surface area contributed by atoms with E-state index >= 15 is 0 Å². The number of hydrogen-bond acceptors (Lipinski definition) is 6. The van der Waals surface area contributed by atoms with Crippen molar-refractivity contribution in [1.29, 1.82) is 0 Å². The predicted octanol–water partition coefficient (Wildman–Crippen LogP) is 6.30. The minimum atomic E-state index is -4.95. The summed E-state index contributed by atoms with van der Waals surface area (Å²) in [6.45, 7) is 8.19. The van der Waals surface area contributed by atoms with Crippen molar-refractivity contribution in [2.24, 2.45) is 0 Å². The molecule has 39 heavy (non-hydrogen) atoms. The minimum Gasteiger partial charge on any atom is -0.507 e. The van der Waals surface area contributed by atoms with Crippen LogP contribution < -0.4 is 14.4 Å². The largest absolute Gasteiger partial charge is 0.573 e. The number of hydrogen-bond donors (Lipinski definition) is 1. The molecule has 4 rings (SSSR count). The summed E-state index contributed by atoms with van der Waals surface area (Å²) in [5.41, 5.74) is 0.625. The molecule has 1 aliphatic rings. The monoisotopic (exact) mass is 540 g/mol. The molecule has 2 aromatic carbocycles. The van der Waals surface area contributed by atoms with E-state index in [0.717, 1.165) is 22.6 Å². The highest BCUT2D eigenvalue weighted by atomic mass is 19.4. The molecule has 1 unspecified atom stereocenters. The van der Waals surface area contributed by atoms with Gasteiger partial charge in [0.2, 0.25) is 0 Å². The standard InChI is InChI=1S/C29H27F3N2O5/c1-5-38-22-13-12-17(15-20(22)28(2,3)4)25(35)23-24(21-11-6-7-14-33-21)34(27(37)26(23)36)18-9-8-10-19(16-18)39-29(30,31)32/h6-16,24,35H,5H2,1-4H3/b25-23-. The third-order valence-electron chi connectivity index (χ3n) is 6.10. The topological polar surface area (TPSA) is 89.0 Å². The molecule has 0 spiro atoms. The van der Waals surface area contributed by atoms with E-state index in [1.54, 1.807) is 36.4 Å². The number of rotatable bonds is 6. The fraction of sp³-hybridized carbons (Fsp3) is 0.276. The van der Waals surface area contributed by atoms with Gasteiger partial charge in [0, 0.05) is 29.1 Å². The first-order valence-electron chi connectivity index (χ1n) is 12.2. The smallest absolute Gasteiger partial charge is 0.507 e. The maximum Gasteiger partial charge on any atom is 0.573 e. The highest BCUT2D eigenvalue weighted by molar-refractivity contribution is 6.51. The van der Waals surface area contributed by atoms with Gasteiger partial charge in [-0.25, -0.2) is 0 Å². The third kappa shape index (κ3) is 5.74. The molecular formula is C29H27F3N2O5. The number of aromatic nitrogens is 1. The molecule has 3 aromatic rings. The molecular weight excluding hydrogens is 513 g/mol. The minimum absolute atomic E-state index is 0.0318. The maximum absolute atomic E-state index is 13.4. The molecule has 0 saturated carbocycles. The van der Waals surface area contributed by atoms with E-state index in [9.17, 15) is 27.9 Å². The Hall–Kier alpha value is -4.34. The Kier molecular flexibility index (Phi) is 7.41. The van der Waals surface area contributed by atoms with Crippen LogP contribution in [0.5, 0.6) is 11.5 Å². The Morgan fingerprint density at radius 3 is 2.38 bits per heavy atom. The van der Waals surface area contributed by atoms with Gasteiger partial charge in [-0.05, 0) is 54.8 Å². The average molecular weight is 541 g/mol. The number of pyridine rings is 1. The summed E-state index contributed by atoms with van der Waals surface area (Å²) in [5, 5.41) is 11.5. The molecule has 1 amide bonds. The Bertz CT molecular complexity index is 1430. The molecule has 2 heterocycles. The first-order chi connectivity index (χ1) is 18.3. The van der Waals surface area contributed by atoms with Crippen LogP contribution in [-0.4, -0.2) is 34.8 Å². The van der Waals surface area contributed by atoms with Gasteiger partial charge < -0.3 is 14.6 Å². The molecule has 1 N–H and O–H groups in total. The Labute approximate surface area is 223 Å². The molecule has 1 fully saturated rings. The average Bonchev–Trinajstić information content (AvgIpc) is 3.13. The molecule has 0 aliphatic carbocycles. The van der Waals surface area contributed by atoms with Crippen LogP contribution in [0.4, 0.5) is 18.9 Å². The Morgan fingerprint density at radius 2 is 1.77 bits per heavy atom. The van der Waals surface area contributed by atoms with E-state index < -0.39 is 35.6 Å². The van der Waals surface area contributed by atoms with Crippen LogP contribution in [0.2, 0.25) is 0 Å². The number of aliphatic hydroxyl groups is 1. The van der Waals surface area contributed by atoms with Gasteiger partial charge in [0.15, 0.2) is 0 Å². The van der Waals surface area contributed by atoms with Crippen LogP contribution in [-0.2, 0) is 15.0 Å². The number of ether oxygens (including phenoxy) is 2. The highest BCUT2D eigenvalue weighted by Crippen LogP contribution is 2.43. The van der Waals surface area contributed by atoms with Crippen molar-refractivity contribution in [3.05, 3.63) is 89.3 Å². The van der Waals surface area contributed by atoms with Crippen LogP contribution in [0.15, 0.2) is 72.4 Å². The lowest BCUT2D eigenvalue weighted by Gasteiger charge is -2.26. The van der Waals surface area contributed by atoms with Crippen molar-refractivity contribution < 1.29 is 37.3 Å². The van der Waals surface area contributed by atoms with Crippen LogP contribution >= 0.6 is 0 Å². The lowest BCUT2D eigenvalue weighted by Crippen LogP contribution is -2.30. The summed E-state index contributed by atoms with van der Waals surface area (Å²) in [6, 6.07) is 13.3. The van der Waals surface area contributed by atoms with E-state index in [-0.39, 0.29) is 27.9 Å². The number of benzene rings is 2. The van der Waals surface area contributed by atoms with Gasteiger partial charge in [0.25, 0.3) is 11.7 Å². The number of alkyl halides is 3.